The van der Waals surface area contributed by atoms with E-state index in [0.29, 0.717) is 28.8 Å². The lowest BCUT2D eigenvalue weighted by molar-refractivity contribution is 0.0918. The fraction of sp³-hybridized carbons (Fsp3) is 0.269. The summed E-state index contributed by atoms with van der Waals surface area (Å²) in [6.07, 6.45) is 3.54. The molecule has 2 aromatic carbocycles. The maximum absolute atomic E-state index is 13.7. The predicted molar refractivity (Wildman–Crippen MR) is 126 cm³/mol. The van der Waals surface area contributed by atoms with Crippen LogP contribution in [0.2, 0.25) is 0 Å². The molecule has 1 aliphatic rings. The number of rotatable bonds is 5. The summed E-state index contributed by atoms with van der Waals surface area (Å²) in [5, 5.41) is 8.40. The number of pyridine rings is 1. The Balaban J connectivity index is 1.54. The number of carbonyl (C=O) groups excluding carboxylic acids is 1. The SMILES string of the molecule is CN1CCC(NC(=O)c2cc(-c3ccccc3)nc3c2cnn3Cc2cccc(F)c2)CC1. The van der Waals surface area contributed by atoms with Crippen molar-refractivity contribution in [2.45, 2.75) is 25.4 Å². The summed E-state index contributed by atoms with van der Waals surface area (Å²) in [5.74, 6) is -0.403. The molecule has 3 heterocycles. The first-order valence-corrected chi connectivity index (χ1v) is 11.2. The minimum Gasteiger partial charge on any atom is -0.349 e. The Morgan fingerprint density at radius 1 is 1.09 bits per heavy atom. The molecular formula is C26H26FN5O. The van der Waals surface area contributed by atoms with Crippen LogP contribution in [0.3, 0.4) is 0 Å². The van der Waals surface area contributed by atoms with Crippen LogP contribution in [0, 0.1) is 5.82 Å². The second kappa shape index (κ2) is 9.11. The van der Waals surface area contributed by atoms with E-state index in [4.69, 9.17) is 4.98 Å². The molecule has 0 atom stereocenters. The molecule has 0 spiro atoms. The predicted octanol–water partition coefficient (Wildman–Crippen LogP) is 4.11. The molecule has 0 radical (unpaired) electrons. The fourth-order valence-corrected chi connectivity index (χ4v) is 4.33. The highest BCUT2D eigenvalue weighted by Gasteiger charge is 2.22. The quantitative estimate of drug-likeness (QED) is 0.504. The molecule has 6 nitrogen and oxygen atoms in total. The zero-order chi connectivity index (χ0) is 22.8. The molecule has 0 saturated carbocycles. The molecular weight excluding hydrogens is 417 g/mol. The van der Waals surface area contributed by atoms with Crippen LogP contribution in [0.4, 0.5) is 4.39 Å². The summed E-state index contributed by atoms with van der Waals surface area (Å²) in [4.78, 5) is 20.5. The van der Waals surface area contributed by atoms with Crippen molar-refractivity contribution >= 4 is 16.9 Å². The number of halogens is 1. The molecule has 2 aromatic heterocycles. The third-order valence-corrected chi connectivity index (χ3v) is 6.20. The summed E-state index contributed by atoms with van der Waals surface area (Å²) in [5.41, 5.74) is 3.57. The summed E-state index contributed by atoms with van der Waals surface area (Å²) < 4.78 is 15.4. The third-order valence-electron chi connectivity index (χ3n) is 6.20. The van der Waals surface area contributed by atoms with Crippen molar-refractivity contribution in [1.29, 1.82) is 0 Å². The van der Waals surface area contributed by atoms with E-state index in [9.17, 15) is 9.18 Å². The lowest BCUT2D eigenvalue weighted by atomic mass is 10.0. The van der Waals surface area contributed by atoms with Crippen LogP contribution < -0.4 is 5.32 Å². The first kappa shape index (κ1) is 21.3. The zero-order valence-corrected chi connectivity index (χ0v) is 18.5. The molecule has 1 aliphatic heterocycles. The van der Waals surface area contributed by atoms with Crippen LogP contribution in [0.5, 0.6) is 0 Å². The van der Waals surface area contributed by atoms with E-state index in [1.807, 2.05) is 42.5 Å². The molecule has 1 N–H and O–H groups in total. The van der Waals surface area contributed by atoms with Gasteiger partial charge in [0.1, 0.15) is 5.82 Å². The number of nitrogens with zero attached hydrogens (tertiary/aromatic N) is 4. The number of hydrogen-bond donors (Lipinski definition) is 1. The number of benzene rings is 2. The highest BCUT2D eigenvalue weighted by Crippen LogP contribution is 2.26. The van der Waals surface area contributed by atoms with Gasteiger partial charge in [0, 0.05) is 11.6 Å². The van der Waals surface area contributed by atoms with Crippen molar-refractivity contribution < 1.29 is 9.18 Å². The normalized spacial score (nSPS) is 15.1. The van der Waals surface area contributed by atoms with Crippen LogP contribution in [-0.2, 0) is 6.54 Å². The Morgan fingerprint density at radius 3 is 2.64 bits per heavy atom. The van der Waals surface area contributed by atoms with Crippen molar-refractivity contribution in [2.75, 3.05) is 20.1 Å². The topological polar surface area (TPSA) is 63.1 Å². The highest BCUT2D eigenvalue weighted by atomic mass is 19.1. The van der Waals surface area contributed by atoms with E-state index >= 15 is 0 Å². The van der Waals surface area contributed by atoms with Gasteiger partial charge in [0.05, 0.1) is 29.4 Å². The van der Waals surface area contributed by atoms with Crippen LogP contribution in [0.1, 0.15) is 28.8 Å². The van der Waals surface area contributed by atoms with Crippen LogP contribution >= 0.6 is 0 Å². The van der Waals surface area contributed by atoms with E-state index in [0.717, 1.165) is 37.1 Å². The average molecular weight is 444 g/mol. The van der Waals surface area contributed by atoms with Crippen molar-refractivity contribution in [3.63, 3.8) is 0 Å². The Bertz CT molecular complexity index is 1280. The first-order chi connectivity index (χ1) is 16.1. The van der Waals surface area contributed by atoms with Gasteiger partial charge in [0.25, 0.3) is 5.91 Å². The highest BCUT2D eigenvalue weighted by molar-refractivity contribution is 6.06. The van der Waals surface area contributed by atoms with Gasteiger partial charge in [-0.2, -0.15) is 5.10 Å². The number of likely N-dealkylation sites (tertiary alicyclic amines) is 1. The second-order valence-corrected chi connectivity index (χ2v) is 8.64. The third kappa shape index (κ3) is 4.64. The van der Waals surface area contributed by atoms with Crippen molar-refractivity contribution in [1.82, 2.24) is 25.0 Å². The Labute approximate surface area is 192 Å². The Kier molecular flexibility index (Phi) is 5.88. The Hall–Kier alpha value is -3.58. The molecule has 0 aliphatic carbocycles. The number of nitrogens with one attached hydrogen (secondary N) is 1. The minimum absolute atomic E-state index is 0.112. The standard InChI is InChI=1S/C26H26FN5O/c1-31-12-10-21(11-13-31)29-26(33)22-15-24(19-7-3-2-4-8-19)30-25-23(22)16-28-32(25)17-18-6-5-9-20(27)14-18/h2-9,14-16,21H,10-13,17H2,1H3,(H,29,33). The van der Waals surface area contributed by atoms with Gasteiger partial charge in [-0.1, -0.05) is 42.5 Å². The molecule has 33 heavy (non-hydrogen) atoms. The smallest absolute Gasteiger partial charge is 0.252 e. The van der Waals surface area contributed by atoms with Crippen molar-refractivity contribution in [3.05, 3.63) is 83.8 Å². The number of hydrogen-bond acceptors (Lipinski definition) is 4. The van der Waals surface area contributed by atoms with Gasteiger partial charge in [-0.15, -0.1) is 0 Å². The fourth-order valence-electron chi connectivity index (χ4n) is 4.33. The number of aromatic nitrogens is 3. The van der Waals surface area contributed by atoms with E-state index in [1.165, 1.54) is 12.1 Å². The molecule has 4 aromatic rings. The largest absolute Gasteiger partial charge is 0.349 e. The number of amides is 1. The van der Waals surface area contributed by atoms with Gasteiger partial charge >= 0.3 is 0 Å². The molecule has 1 saturated heterocycles. The summed E-state index contributed by atoms with van der Waals surface area (Å²) >= 11 is 0. The van der Waals surface area contributed by atoms with Crippen LogP contribution in [0.15, 0.2) is 66.9 Å². The van der Waals surface area contributed by atoms with E-state index < -0.39 is 0 Å². The molecule has 1 fully saturated rings. The van der Waals surface area contributed by atoms with Gasteiger partial charge in [-0.3, -0.25) is 4.79 Å². The van der Waals surface area contributed by atoms with Gasteiger partial charge < -0.3 is 10.2 Å². The van der Waals surface area contributed by atoms with Crippen molar-refractivity contribution in [3.8, 4) is 11.3 Å². The van der Waals surface area contributed by atoms with Crippen LogP contribution in [-0.4, -0.2) is 51.8 Å². The maximum atomic E-state index is 13.7. The number of piperidine rings is 1. The first-order valence-electron chi connectivity index (χ1n) is 11.2. The molecule has 7 heteroatoms. The average Bonchev–Trinajstić information content (AvgIpc) is 3.23. The van der Waals surface area contributed by atoms with Gasteiger partial charge in [0.15, 0.2) is 5.65 Å². The summed E-state index contributed by atoms with van der Waals surface area (Å²) in [6.45, 7) is 2.30. The zero-order valence-electron chi connectivity index (χ0n) is 18.5. The van der Waals surface area contributed by atoms with Gasteiger partial charge in [-0.25, -0.2) is 14.1 Å². The van der Waals surface area contributed by atoms with E-state index in [1.54, 1.807) is 16.9 Å². The second-order valence-electron chi connectivity index (χ2n) is 8.64. The summed E-state index contributed by atoms with van der Waals surface area (Å²) in [6, 6.07) is 18.2. The molecule has 1 amide bonds. The number of carbonyl (C=O) groups is 1. The Morgan fingerprint density at radius 2 is 1.88 bits per heavy atom. The lowest BCUT2D eigenvalue weighted by Gasteiger charge is -2.29. The van der Waals surface area contributed by atoms with Gasteiger partial charge in [0.2, 0.25) is 0 Å². The monoisotopic (exact) mass is 443 g/mol. The van der Waals surface area contributed by atoms with Crippen molar-refractivity contribution in [2.24, 2.45) is 0 Å². The van der Waals surface area contributed by atoms with E-state index in [2.05, 4.69) is 22.4 Å². The summed E-state index contributed by atoms with van der Waals surface area (Å²) in [7, 11) is 2.10. The minimum atomic E-state index is -0.292. The molecule has 0 unspecified atom stereocenters. The van der Waals surface area contributed by atoms with E-state index in [-0.39, 0.29) is 17.8 Å². The maximum Gasteiger partial charge on any atom is 0.252 e. The molecule has 5 rings (SSSR count). The lowest BCUT2D eigenvalue weighted by Crippen LogP contribution is -2.43. The van der Waals surface area contributed by atoms with Gasteiger partial charge in [-0.05, 0) is 56.7 Å². The molecule has 0 bridgehead atoms. The number of fused-ring (bicyclic) bond motifs is 1. The molecule has 168 valence electrons. The van der Waals surface area contributed by atoms with Crippen LogP contribution in [0.25, 0.3) is 22.3 Å².